The molecule has 0 fully saturated rings. The van der Waals surface area contributed by atoms with Crippen LogP contribution in [0.15, 0.2) is 30.4 Å². The number of ether oxygens (including phenoxy) is 1. The Morgan fingerprint density at radius 3 is 2.88 bits per heavy atom. The van der Waals surface area contributed by atoms with Crippen molar-refractivity contribution in [1.82, 2.24) is 0 Å². The molecule has 1 aromatic carbocycles. The Bertz CT molecular complexity index is 402. The number of benzene rings is 1. The Balaban J connectivity index is 2.94. The second-order valence-electron chi connectivity index (χ2n) is 3.14. The normalized spacial score (nSPS) is 10.6. The Morgan fingerprint density at radius 1 is 1.56 bits per heavy atom. The number of nitrogens with two attached hydrogens (primary N) is 1. The molecule has 0 aromatic heterocycles. The maximum absolute atomic E-state index is 10.8. The van der Waals surface area contributed by atoms with Crippen molar-refractivity contribution in [3.8, 4) is 5.75 Å². The highest BCUT2D eigenvalue weighted by molar-refractivity contribution is 5.48. The summed E-state index contributed by atoms with van der Waals surface area (Å²) < 4.78 is 5.27. The number of hydrogen-bond acceptors (Lipinski definition) is 4. The number of nitro benzene ring substituents is 1. The van der Waals surface area contributed by atoms with Crippen LogP contribution in [-0.2, 0) is 6.54 Å². The van der Waals surface area contributed by atoms with Crippen LogP contribution >= 0.6 is 0 Å². The molecule has 0 amide bonds. The first-order valence-corrected chi connectivity index (χ1v) is 4.90. The maximum atomic E-state index is 10.8. The van der Waals surface area contributed by atoms with Crippen LogP contribution in [-0.4, -0.2) is 11.5 Å². The quantitative estimate of drug-likeness (QED) is 0.469. The van der Waals surface area contributed by atoms with Crippen molar-refractivity contribution in [2.75, 3.05) is 6.61 Å². The SMILES string of the molecule is C/C=C/COc1ccc(CN)cc1[N+](=O)[O-]. The van der Waals surface area contributed by atoms with E-state index >= 15 is 0 Å². The zero-order chi connectivity index (χ0) is 12.0. The Morgan fingerprint density at radius 2 is 2.31 bits per heavy atom. The third-order valence-corrected chi connectivity index (χ3v) is 2.03. The van der Waals surface area contributed by atoms with Gasteiger partial charge in [0, 0.05) is 12.6 Å². The minimum absolute atomic E-state index is 0.0487. The first kappa shape index (κ1) is 12.2. The van der Waals surface area contributed by atoms with Gasteiger partial charge in [-0.3, -0.25) is 10.1 Å². The molecule has 0 spiro atoms. The third kappa shape index (κ3) is 3.06. The zero-order valence-electron chi connectivity index (χ0n) is 9.05. The molecule has 1 aromatic rings. The van der Waals surface area contributed by atoms with Crippen LogP contribution in [0.2, 0.25) is 0 Å². The summed E-state index contributed by atoms with van der Waals surface area (Å²) in [4.78, 5) is 10.3. The smallest absolute Gasteiger partial charge is 0.311 e. The zero-order valence-corrected chi connectivity index (χ0v) is 9.05. The van der Waals surface area contributed by atoms with E-state index in [1.807, 2.05) is 13.0 Å². The van der Waals surface area contributed by atoms with Gasteiger partial charge in [-0.1, -0.05) is 18.2 Å². The molecule has 0 saturated carbocycles. The van der Waals surface area contributed by atoms with Gasteiger partial charge >= 0.3 is 5.69 Å². The Kier molecular flexibility index (Phi) is 4.47. The van der Waals surface area contributed by atoms with Crippen LogP contribution in [0.1, 0.15) is 12.5 Å². The molecule has 5 heteroatoms. The molecule has 0 heterocycles. The van der Waals surface area contributed by atoms with Gasteiger partial charge in [0.25, 0.3) is 0 Å². The molecule has 0 saturated heterocycles. The van der Waals surface area contributed by atoms with E-state index in [1.54, 1.807) is 18.2 Å². The molecule has 0 bridgehead atoms. The number of rotatable bonds is 5. The first-order valence-electron chi connectivity index (χ1n) is 4.90. The summed E-state index contributed by atoms with van der Waals surface area (Å²) >= 11 is 0. The van der Waals surface area contributed by atoms with Gasteiger partial charge in [-0.2, -0.15) is 0 Å². The van der Waals surface area contributed by atoms with Gasteiger partial charge in [0.1, 0.15) is 6.61 Å². The van der Waals surface area contributed by atoms with E-state index in [4.69, 9.17) is 10.5 Å². The molecule has 0 radical (unpaired) electrons. The lowest BCUT2D eigenvalue weighted by Gasteiger charge is -2.05. The molecule has 16 heavy (non-hydrogen) atoms. The number of nitro groups is 1. The molecule has 0 aliphatic carbocycles. The highest BCUT2D eigenvalue weighted by Gasteiger charge is 2.15. The van der Waals surface area contributed by atoms with Gasteiger partial charge < -0.3 is 10.5 Å². The van der Waals surface area contributed by atoms with E-state index in [-0.39, 0.29) is 18.0 Å². The van der Waals surface area contributed by atoms with Crippen molar-refractivity contribution in [2.24, 2.45) is 5.73 Å². The second kappa shape index (κ2) is 5.87. The predicted molar refractivity (Wildman–Crippen MR) is 61.3 cm³/mol. The molecule has 5 nitrogen and oxygen atoms in total. The summed E-state index contributed by atoms with van der Waals surface area (Å²) in [6, 6.07) is 4.73. The lowest BCUT2D eigenvalue weighted by Crippen LogP contribution is -2.01. The summed E-state index contributed by atoms with van der Waals surface area (Å²) in [5.41, 5.74) is 6.08. The van der Waals surface area contributed by atoms with Crippen molar-refractivity contribution in [1.29, 1.82) is 0 Å². The number of hydrogen-bond donors (Lipinski definition) is 1. The van der Waals surface area contributed by atoms with E-state index in [9.17, 15) is 10.1 Å². The standard InChI is InChI=1S/C11H14N2O3/c1-2-3-6-16-11-5-4-9(8-12)7-10(11)13(14)15/h2-5,7H,6,8,12H2,1H3/b3-2+. The summed E-state index contributed by atoms with van der Waals surface area (Å²) in [5.74, 6) is 0.264. The molecule has 0 atom stereocenters. The van der Waals surface area contributed by atoms with Gasteiger partial charge in [-0.05, 0) is 18.6 Å². The van der Waals surface area contributed by atoms with Gasteiger partial charge in [0.05, 0.1) is 4.92 Å². The summed E-state index contributed by atoms with van der Waals surface area (Å²) in [6.07, 6.45) is 3.60. The van der Waals surface area contributed by atoms with Crippen LogP contribution in [0.5, 0.6) is 5.75 Å². The summed E-state index contributed by atoms with van der Waals surface area (Å²) in [7, 11) is 0. The summed E-state index contributed by atoms with van der Waals surface area (Å²) in [6.45, 7) is 2.45. The van der Waals surface area contributed by atoms with E-state index in [1.165, 1.54) is 6.07 Å². The largest absolute Gasteiger partial charge is 0.483 e. The minimum atomic E-state index is -0.468. The molecule has 2 N–H and O–H groups in total. The number of allylic oxidation sites excluding steroid dienone is 1. The fraction of sp³-hybridized carbons (Fsp3) is 0.273. The van der Waals surface area contributed by atoms with Gasteiger partial charge in [-0.25, -0.2) is 0 Å². The van der Waals surface area contributed by atoms with Crippen molar-refractivity contribution in [3.05, 3.63) is 46.0 Å². The molecule has 0 aliphatic heterocycles. The van der Waals surface area contributed by atoms with Crippen LogP contribution in [0, 0.1) is 10.1 Å². The van der Waals surface area contributed by atoms with Gasteiger partial charge in [0.2, 0.25) is 0 Å². The summed E-state index contributed by atoms with van der Waals surface area (Å²) in [5, 5.41) is 10.8. The van der Waals surface area contributed by atoms with Crippen molar-refractivity contribution < 1.29 is 9.66 Å². The Hall–Kier alpha value is -1.88. The van der Waals surface area contributed by atoms with Crippen LogP contribution in [0.3, 0.4) is 0 Å². The molecule has 0 aliphatic rings. The predicted octanol–water partition coefficient (Wildman–Crippen LogP) is 2.01. The van der Waals surface area contributed by atoms with E-state index < -0.39 is 4.92 Å². The molecular formula is C11H14N2O3. The maximum Gasteiger partial charge on any atom is 0.311 e. The lowest BCUT2D eigenvalue weighted by molar-refractivity contribution is -0.385. The van der Waals surface area contributed by atoms with Crippen LogP contribution in [0.25, 0.3) is 0 Å². The topological polar surface area (TPSA) is 78.4 Å². The molecule has 0 unspecified atom stereocenters. The van der Waals surface area contributed by atoms with E-state index in [2.05, 4.69) is 0 Å². The monoisotopic (exact) mass is 222 g/mol. The second-order valence-corrected chi connectivity index (χ2v) is 3.14. The first-order chi connectivity index (χ1) is 7.69. The van der Waals surface area contributed by atoms with Crippen molar-refractivity contribution >= 4 is 5.69 Å². The third-order valence-electron chi connectivity index (χ3n) is 2.03. The van der Waals surface area contributed by atoms with Crippen molar-refractivity contribution in [2.45, 2.75) is 13.5 Å². The molecule has 86 valence electrons. The lowest BCUT2D eigenvalue weighted by atomic mass is 10.2. The fourth-order valence-corrected chi connectivity index (χ4v) is 1.19. The number of nitrogens with zero attached hydrogens (tertiary/aromatic N) is 1. The van der Waals surface area contributed by atoms with Crippen LogP contribution in [0.4, 0.5) is 5.69 Å². The van der Waals surface area contributed by atoms with E-state index in [0.717, 1.165) is 0 Å². The average molecular weight is 222 g/mol. The molecule has 1 rings (SSSR count). The molecular weight excluding hydrogens is 208 g/mol. The minimum Gasteiger partial charge on any atom is -0.483 e. The van der Waals surface area contributed by atoms with Gasteiger partial charge in [0.15, 0.2) is 5.75 Å². The fourth-order valence-electron chi connectivity index (χ4n) is 1.19. The van der Waals surface area contributed by atoms with Crippen molar-refractivity contribution in [3.63, 3.8) is 0 Å². The van der Waals surface area contributed by atoms with E-state index in [0.29, 0.717) is 12.2 Å². The van der Waals surface area contributed by atoms with Crippen LogP contribution < -0.4 is 10.5 Å². The Labute approximate surface area is 93.7 Å². The highest BCUT2D eigenvalue weighted by atomic mass is 16.6. The average Bonchev–Trinajstić information content (AvgIpc) is 2.29. The van der Waals surface area contributed by atoms with Gasteiger partial charge in [-0.15, -0.1) is 0 Å². The highest BCUT2D eigenvalue weighted by Crippen LogP contribution is 2.27.